The van der Waals surface area contributed by atoms with Crippen molar-refractivity contribution in [3.05, 3.63) is 35.9 Å². The number of nitrogens with one attached hydrogen (secondary N) is 1. The summed E-state index contributed by atoms with van der Waals surface area (Å²) in [4.78, 5) is 12.7. The molecular weight excluding hydrogens is 318 g/mol. The van der Waals surface area contributed by atoms with Crippen LogP contribution in [0.2, 0.25) is 0 Å². The zero-order valence-electron chi connectivity index (χ0n) is 15.3. The molecule has 0 aromatic heterocycles. The van der Waals surface area contributed by atoms with E-state index in [0.717, 1.165) is 31.2 Å². The van der Waals surface area contributed by atoms with Gasteiger partial charge in [-0.3, -0.25) is 4.79 Å². The third-order valence-corrected chi connectivity index (χ3v) is 5.01. The van der Waals surface area contributed by atoms with Crippen molar-refractivity contribution in [1.29, 1.82) is 0 Å². The third kappa shape index (κ3) is 4.81. The van der Waals surface area contributed by atoms with Crippen LogP contribution in [0.1, 0.15) is 45.1 Å². The number of benzene rings is 1. The third-order valence-electron chi connectivity index (χ3n) is 5.01. The molecule has 2 fully saturated rings. The van der Waals surface area contributed by atoms with E-state index >= 15 is 0 Å². The molecule has 5 heteroatoms. The van der Waals surface area contributed by atoms with E-state index < -0.39 is 11.2 Å². The van der Waals surface area contributed by atoms with Crippen LogP contribution in [0, 0.1) is 5.41 Å². The fourth-order valence-corrected chi connectivity index (χ4v) is 3.52. The summed E-state index contributed by atoms with van der Waals surface area (Å²) in [6.07, 6.45) is 3.64. The van der Waals surface area contributed by atoms with Crippen molar-refractivity contribution in [2.24, 2.45) is 5.41 Å². The number of hydrogen-bond donors (Lipinski definition) is 1. The van der Waals surface area contributed by atoms with Crippen LogP contribution in [-0.4, -0.2) is 37.6 Å². The number of hydrogen-bond acceptors (Lipinski definition) is 4. The zero-order chi connectivity index (χ0) is 17.8. The van der Waals surface area contributed by atoms with Crippen molar-refractivity contribution in [3.63, 3.8) is 0 Å². The van der Waals surface area contributed by atoms with Crippen LogP contribution in [0.3, 0.4) is 0 Å². The van der Waals surface area contributed by atoms with Crippen LogP contribution in [0.15, 0.2) is 30.3 Å². The van der Waals surface area contributed by atoms with E-state index in [1.807, 2.05) is 44.2 Å². The maximum atomic E-state index is 12.7. The van der Waals surface area contributed by atoms with Gasteiger partial charge in [0.2, 0.25) is 5.91 Å². The van der Waals surface area contributed by atoms with Gasteiger partial charge < -0.3 is 19.5 Å². The van der Waals surface area contributed by atoms with Gasteiger partial charge in [-0.1, -0.05) is 30.3 Å². The molecule has 1 N–H and O–H groups in total. The average molecular weight is 347 g/mol. The maximum absolute atomic E-state index is 12.7. The SMILES string of the molecule is CC(C)(COCc1ccccc1)C(=O)N[C@@H]1CCCC2(C1)OCCO2. The van der Waals surface area contributed by atoms with Gasteiger partial charge in [-0.05, 0) is 32.3 Å². The van der Waals surface area contributed by atoms with Gasteiger partial charge >= 0.3 is 0 Å². The molecule has 25 heavy (non-hydrogen) atoms. The fraction of sp³-hybridized carbons (Fsp3) is 0.650. The molecule has 1 aromatic carbocycles. The van der Waals surface area contributed by atoms with Gasteiger partial charge in [0.25, 0.3) is 0 Å². The lowest BCUT2D eigenvalue weighted by molar-refractivity contribution is -0.182. The van der Waals surface area contributed by atoms with Gasteiger partial charge in [0.15, 0.2) is 5.79 Å². The monoisotopic (exact) mass is 347 g/mol. The Bertz CT molecular complexity index is 566. The molecular formula is C20H29NO4. The quantitative estimate of drug-likeness (QED) is 0.859. The Morgan fingerprint density at radius 1 is 1.28 bits per heavy atom. The highest BCUT2D eigenvalue weighted by atomic mass is 16.7. The molecule has 1 aliphatic carbocycles. The Balaban J connectivity index is 1.47. The van der Waals surface area contributed by atoms with E-state index in [2.05, 4.69) is 5.32 Å². The van der Waals surface area contributed by atoms with Crippen LogP contribution in [0.4, 0.5) is 0 Å². The Morgan fingerprint density at radius 2 is 2.00 bits per heavy atom. The van der Waals surface area contributed by atoms with Crippen molar-refractivity contribution in [3.8, 4) is 0 Å². The average Bonchev–Trinajstić information content (AvgIpc) is 3.03. The summed E-state index contributed by atoms with van der Waals surface area (Å²) < 4.78 is 17.4. The van der Waals surface area contributed by atoms with Crippen LogP contribution >= 0.6 is 0 Å². The minimum atomic E-state index is -0.573. The van der Waals surface area contributed by atoms with E-state index in [1.54, 1.807) is 0 Å². The molecule has 2 aliphatic rings. The molecule has 0 unspecified atom stereocenters. The van der Waals surface area contributed by atoms with Crippen molar-refractivity contribution in [2.75, 3.05) is 19.8 Å². The normalized spacial score (nSPS) is 22.9. The number of rotatable bonds is 6. The van der Waals surface area contributed by atoms with Gasteiger partial charge in [0.05, 0.1) is 31.8 Å². The second-order valence-electron chi connectivity index (χ2n) is 7.74. The summed E-state index contributed by atoms with van der Waals surface area (Å²) in [5.41, 5.74) is 0.542. The number of carbonyl (C=O) groups is 1. The molecule has 1 atom stereocenters. The first-order chi connectivity index (χ1) is 12.0. The Kier molecular flexibility index (Phi) is 5.77. The molecule has 1 amide bonds. The second kappa shape index (κ2) is 7.85. The number of ether oxygens (including phenoxy) is 3. The first-order valence-electron chi connectivity index (χ1n) is 9.20. The van der Waals surface area contributed by atoms with E-state index in [4.69, 9.17) is 14.2 Å². The summed E-state index contributed by atoms with van der Waals surface area (Å²) in [5.74, 6) is -0.440. The van der Waals surface area contributed by atoms with Gasteiger partial charge in [-0.25, -0.2) is 0 Å². The minimum Gasteiger partial charge on any atom is -0.376 e. The van der Waals surface area contributed by atoms with E-state index in [1.165, 1.54) is 0 Å². The molecule has 0 radical (unpaired) electrons. The van der Waals surface area contributed by atoms with Gasteiger partial charge in [-0.2, -0.15) is 0 Å². The summed E-state index contributed by atoms with van der Waals surface area (Å²) in [6, 6.07) is 10.1. The lowest BCUT2D eigenvalue weighted by Gasteiger charge is -2.37. The minimum absolute atomic E-state index is 0.0283. The largest absolute Gasteiger partial charge is 0.376 e. The number of amides is 1. The highest BCUT2D eigenvalue weighted by Gasteiger charge is 2.42. The highest BCUT2D eigenvalue weighted by molar-refractivity contribution is 5.82. The standard InChI is InChI=1S/C20H29NO4/c1-19(2,15-23-14-16-7-4-3-5-8-16)18(22)21-17-9-6-10-20(13-17)24-11-12-25-20/h3-5,7-8,17H,6,9-15H2,1-2H3,(H,21,22)/t17-/m1/s1. The van der Waals surface area contributed by atoms with Crippen molar-refractivity contribution < 1.29 is 19.0 Å². The van der Waals surface area contributed by atoms with Crippen LogP contribution in [0.25, 0.3) is 0 Å². The Morgan fingerprint density at radius 3 is 2.72 bits per heavy atom. The first kappa shape index (κ1) is 18.4. The Labute approximate surface area is 150 Å². The summed E-state index contributed by atoms with van der Waals surface area (Å²) in [5, 5.41) is 3.18. The van der Waals surface area contributed by atoms with Crippen molar-refractivity contribution in [2.45, 2.75) is 58.0 Å². The molecule has 1 spiro atoms. The predicted molar refractivity (Wildman–Crippen MR) is 94.9 cm³/mol. The van der Waals surface area contributed by atoms with Crippen LogP contribution < -0.4 is 5.32 Å². The molecule has 1 saturated carbocycles. The smallest absolute Gasteiger partial charge is 0.228 e. The van der Waals surface area contributed by atoms with Crippen LogP contribution in [-0.2, 0) is 25.6 Å². The van der Waals surface area contributed by atoms with Gasteiger partial charge in [0, 0.05) is 18.9 Å². The molecule has 1 saturated heterocycles. The topological polar surface area (TPSA) is 56.8 Å². The molecule has 0 bridgehead atoms. The molecule has 3 rings (SSSR count). The summed E-state index contributed by atoms with van der Waals surface area (Å²) in [6.45, 7) is 6.06. The summed E-state index contributed by atoms with van der Waals surface area (Å²) >= 11 is 0. The van der Waals surface area contributed by atoms with Crippen molar-refractivity contribution >= 4 is 5.91 Å². The van der Waals surface area contributed by atoms with Gasteiger partial charge in [0.1, 0.15) is 0 Å². The first-order valence-corrected chi connectivity index (χ1v) is 9.20. The lowest BCUT2D eigenvalue weighted by Crippen LogP contribution is -2.50. The highest BCUT2D eigenvalue weighted by Crippen LogP contribution is 2.36. The van der Waals surface area contributed by atoms with Crippen molar-refractivity contribution in [1.82, 2.24) is 5.32 Å². The summed E-state index contributed by atoms with van der Waals surface area (Å²) in [7, 11) is 0. The maximum Gasteiger partial charge on any atom is 0.228 e. The zero-order valence-corrected chi connectivity index (χ0v) is 15.3. The molecule has 1 aliphatic heterocycles. The second-order valence-corrected chi connectivity index (χ2v) is 7.74. The van der Waals surface area contributed by atoms with E-state index in [0.29, 0.717) is 26.4 Å². The van der Waals surface area contributed by atoms with Gasteiger partial charge in [-0.15, -0.1) is 0 Å². The number of carbonyl (C=O) groups excluding carboxylic acids is 1. The molecule has 1 aromatic rings. The fourth-order valence-electron chi connectivity index (χ4n) is 3.52. The predicted octanol–water partition coefficient (Wildman–Crippen LogP) is 3.03. The molecule has 1 heterocycles. The van der Waals surface area contributed by atoms with Crippen LogP contribution in [0.5, 0.6) is 0 Å². The molecule has 5 nitrogen and oxygen atoms in total. The van der Waals surface area contributed by atoms with E-state index in [9.17, 15) is 4.79 Å². The van der Waals surface area contributed by atoms with E-state index in [-0.39, 0.29) is 11.9 Å². The lowest BCUT2D eigenvalue weighted by atomic mass is 9.87. The molecule has 138 valence electrons. The Hall–Kier alpha value is -1.43.